The topological polar surface area (TPSA) is 41.9 Å². The number of halogens is 3. The fraction of sp³-hybridized carbons (Fsp3) is 0.438. The highest BCUT2D eigenvalue weighted by Gasteiger charge is 2.30. The van der Waals surface area contributed by atoms with E-state index in [0.29, 0.717) is 17.2 Å². The molecular formula is C16H17F3N4. The third kappa shape index (κ3) is 3.78. The summed E-state index contributed by atoms with van der Waals surface area (Å²) in [5.41, 5.74) is 0.466. The molecule has 0 N–H and O–H groups in total. The molecule has 0 amide bonds. The molecule has 2 heterocycles. The minimum atomic E-state index is -4.33. The van der Waals surface area contributed by atoms with Crippen molar-refractivity contribution in [1.82, 2.24) is 15.2 Å². The lowest BCUT2D eigenvalue weighted by atomic mass is 10.1. The average Bonchev–Trinajstić information content (AvgIpc) is 2.84. The first kappa shape index (κ1) is 15.7. The molecule has 3 rings (SSSR count). The molecule has 1 aliphatic rings. The van der Waals surface area contributed by atoms with Gasteiger partial charge in [0.1, 0.15) is 0 Å². The second-order valence-corrected chi connectivity index (χ2v) is 5.62. The van der Waals surface area contributed by atoms with Gasteiger partial charge in [0.25, 0.3) is 0 Å². The van der Waals surface area contributed by atoms with E-state index in [0.717, 1.165) is 38.1 Å². The largest absolute Gasteiger partial charge is 0.416 e. The number of nitrogens with zero attached hydrogens (tertiary/aromatic N) is 4. The summed E-state index contributed by atoms with van der Waals surface area (Å²) in [7, 11) is 0. The Morgan fingerprint density at radius 3 is 2.17 bits per heavy atom. The third-order valence-corrected chi connectivity index (χ3v) is 3.94. The zero-order valence-electron chi connectivity index (χ0n) is 12.6. The highest BCUT2D eigenvalue weighted by atomic mass is 19.4. The van der Waals surface area contributed by atoms with Crippen molar-refractivity contribution >= 4 is 5.95 Å². The Balaban J connectivity index is 1.84. The number of rotatable bonds is 2. The van der Waals surface area contributed by atoms with Crippen molar-refractivity contribution in [3.8, 4) is 11.3 Å². The molecule has 0 spiro atoms. The van der Waals surface area contributed by atoms with Gasteiger partial charge in [-0.2, -0.15) is 18.3 Å². The third-order valence-electron chi connectivity index (χ3n) is 3.94. The smallest absolute Gasteiger partial charge is 0.340 e. The Morgan fingerprint density at radius 2 is 1.57 bits per heavy atom. The molecular weight excluding hydrogens is 305 g/mol. The van der Waals surface area contributed by atoms with Crippen LogP contribution < -0.4 is 4.90 Å². The molecule has 0 saturated carbocycles. The molecule has 4 nitrogen and oxygen atoms in total. The zero-order chi connectivity index (χ0) is 16.3. The Kier molecular flexibility index (Phi) is 4.45. The minimum absolute atomic E-state index is 0.535. The van der Waals surface area contributed by atoms with Crippen molar-refractivity contribution in [2.45, 2.75) is 31.9 Å². The standard InChI is InChI=1S/C16H17F3N4/c17-16(18,19)13-7-5-12(6-8-13)14-11-20-22-15(21-14)23-9-3-1-2-4-10-23/h5-8,11H,1-4,9-10H2. The van der Waals surface area contributed by atoms with E-state index in [1.54, 1.807) is 0 Å². The van der Waals surface area contributed by atoms with E-state index in [-0.39, 0.29) is 0 Å². The lowest BCUT2D eigenvalue weighted by molar-refractivity contribution is -0.137. The normalized spacial score (nSPS) is 16.2. The Bertz CT molecular complexity index is 647. The van der Waals surface area contributed by atoms with Crippen LogP contribution in [0.3, 0.4) is 0 Å². The van der Waals surface area contributed by atoms with Gasteiger partial charge in [-0.25, -0.2) is 4.98 Å². The molecule has 0 radical (unpaired) electrons. The maximum absolute atomic E-state index is 12.6. The summed E-state index contributed by atoms with van der Waals surface area (Å²) in [6, 6.07) is 4.95. The summed E-state index contributed by atoms with van der Waals surface area (Å²) in [6.45, 7) is 1.77. The van der Waals surface area contributed by atoms with Gasteiger partial charge in [-0.3, -0.25) is 0 Å². The van der Waals surface area contributed by atoms with Gasteiger partial charge >= 0.3 is 6.18 Å². The van der Waals surface area contributed by atoms with Crippen LogP contribution >= 0.6 is 0 Å². The number of anilines is 1. The molecule has 1 aromatic carbocycles. The Morgan fingerprint density at radius 1 is 0.913 bits per heavy atom. The van der Waals surface area contributed by atoms with E-state index >= 15 is 0 Å². The van der Waals surface area contributed by atoms with Crippen LogP contribution in [0.4, 0.5) is 19.1 Å². The summed E-state index contributed by atoms with van der Waals surface area (Å²) in [5, 5.41) is 8.03. The van der Waals surface area contributed by atoms with Gasteiger partial charge in [0.2, 0.25) is 5.95 Å². The summed E-state index contributed by atoms with van der Waals surface area (Å²) < 4.78 is 37.9. The zero-order valence-corrected chi connectivity index (χ0v) is 12.6. The first-order chi connectivity index (χ1) is 11.0. The van der Waals surface area contributed by atoms with Gasteiger partial charge in [-0.15, -0.1) is 5.10 Å². The minimum Gasteiger partial charge on any atom is -0.340 e. The number of alkyl halides is 3. The lowest BCUT2D eigenvalue weighted by Gasteiger charge is -2.19. The average molecular weight is 322 g/mol. The van der Waals surface area contributed by atoms with Gasteiger partial charge in [-0.1, -0.05) is 25.0 Å². The Hall–Kier alpha value is -2.18. The van der Waals surface area contributed by atoms with E-state index in [2.05, 4.69) is 20.1 Å². The van der Waals surface area contributed by atoms with Crippen molar-refractivity contribution in [2.75, 3.05) is 18.0 Å². The monoisotopic (exact) mass is 322 g/mol. The van der Waals surface area contributed by atoms with Crippen LogP contribution in [0.15, 0.2) is 30.5 Å². The van der Waals surface area contributed by atoms with Crippen LogP contribution in [0.25, 0.3) is 11.3 Å². The number of benzene rings is 1. The fourth-order valence-corrected chi connectivity index (χ4v) is 2.67. The first-order valence-electron chi connectivity index (χ1n) is 7.66. The van der Waals surface area contributed by atoms with Gasteiger partial charge in [0, 0.05) is 18.7 Å². The van der Waals surface area contributed by atoms with Gasteiger partial charge in [0.15, 0.2) is 0 Å². The molecule has 1 fully saturated rings. The van der Waals surface area contributed by atoms with E-state index < -0.39 is 11.7 Å². The van der Waals surface area contributed by atoms with E-state index in [4.69, 9.17) is 0 Å². The summed E-state index contributed by atoms with van der Waals surface area (Å²) in [5.74, 6) is 0.546. The quantitative estimate of drug-likeness (QED) is 0.840. The van der Waals surface area contributed by atoms with E-state index in [1.165, 1.54) is 31.2 Å². The lowest BCUT2D eigenvalue weighted by Crippen LogP contribution is -2.26. The van der Waals surface area contributed by atoms with Crippen LogP contribution in [0, 0.1) is 0 Å². The molecule has 7 heteroatoms. The van der Waals surface area contributed by atoms with Crippen LogP contribution in [0.5, 0.6) is 0 Å². The highest BCUT2D eigenvalue weighted by molar-refractivity contribution is 5.59. The summed E-state index contributed by atoms with van der Waals surface area (Å²) in [6.07, 6.45) is 1.72. The van der Waals surface area contributed by atoms with Crippen LogP contribution in [0.1, 0.15) is 31.2 Å². The number of aromatic nitrogens is 3. The highest BCUT2D eigenvalue weighted by Crippen LogP contribution is 2.30. The first-order valence-corrected chi connectivity index (χ1v) is 7.66. The van der Waals surface area contributed by atoms with Crippen molar-refractivity contribution in [2.24, 2.45) is 0 Å². The maximum Gasteiger partial charge on any atom is 0.416 e. The molecule has 0 atom stereocenters. The molecule has 2 aromatic rings. The molecule has 0 unspecified atom stereocenters. The second kappa shape index (κ2) is 6.52. The molecule has 1 aliphatic heterocycles. The summed E-state index contributed by atoms with van der Waals surface area (Å²) in [4.78, 5) is 6.56. The maximum atomic E-state index is 12.6. The van der Waals surface area contributed by atoms with Crippen LogP contribution in [-0.4, -0.2) is 28.3 Å². The SMILES string of the molecule is FC(F)(F)c1ccc(-c2cnnc(N3CCCCCC3)n2)cc1. The molecule has 0 aliphatic carbocycles. The molecule has 122 valence electrons. The van der Waals surface area contributed by atoms with E-state index in [1.807, 2.05) is 0 Å². The van der Waals surface area contributed by atoms with Gasteiger partial charge < -0.3 is 4.90 Å². The van der Waals surface area contributed by atoms with Crippen LogP contribution in [0.2, 0.25) is 0 Å². The molecule has 0 bridgehead atoms. The predicted molar refractivity (Wildman–Crippen MR) is 80.9 cm³/mol. The fourth-order valence-electron chi connectivity index (χ4n) is 2.67. The van der Waals surface area contributed by atoms with Crippen molar-refractivity contribution in [3.63, 3.8) is 0 Å². The van der Waals surface area contributed by atoms with Crippen molar-refractivity contribution in [1.29, 1.82) is 0 Å². The van der Waals surface area contributed by atoms with Gasteiger partial charge in [0.05, 0.1) is 17.5 Å². The van der Waals surface area contributed by atoms with Crippen molar-refractivity contribution in [3.05, 3.63) is 36.0 Å². The van der Waals surface area contributed by atoms with Crippen LogP contribution in [-0.2, 0) is 6.18 Å². The summed E-state index contributed by atoms with van der Waals surface area (Å²) >= 11 is 0. The Labute approximate surface area is 132 Å². The number of hydrogen-bond acceptors (Lipinski definition) is 4. The molecule has 1 aromatic heterocycles. The van der Waals surface area contributed by atoms with Crippen molar-refractivity contribution < 1.29 is 13.2 Å². The number of hydrogen-bond donors (Lipinski definition) is 0. The van der Waals surface area contributed by atoms with Gasteiger partial charge in [-0.05, 0) is 25.0 Å². The molecule has 23 heavy (non-hydrogen) atoms. The molecule has 1 saturated heterocycles. The predicted octanol–water partition coefficient (Wildman–Crippen LogP) is 3.94. The van der Waals surface area contributed by atoms with E-state index in [9.17, 15) is 13.2 Å². The second-order valence-electron chi connectivity index (χ2n) is 5.62.